The van der Waals surface area contributed by atoms with Crippen molar-refractivity contribution in [1.29, 1.82) is 0 Å². The van der Waals surface area contributed by atoms with Crippen LogP contribution in [-0.4, -0.2) is 110 Å². The van der Waals surface area contributed by atoms with E-state index in [1.807, 2.05) is 23.1 Å². The number of piperidine rings is 1. The van der Waals surface area contributed by atoms with Crippen molar-refractivity contribution in [2.75, 3.05) is 71.0 Å². The number of rotatable bonds is 17. The molecule has 3 heterocycles. The monoisotopic (exact) mass is 728 g/mol. The number of aromatic hydroxyl groups is 2. The lowest BCUT2D eigenvalue weighted by Gasteiger charge is -2.44. The lowest BCUT2D eigenvalue weighted by molar-refractivity contribution is -0.133. The van der Waals surface area contributed by atoms with E-state index in [-0.39, 0.29) is 35.7 Å². The van der Waals surface area contributed by atoms with Crippen LogP contribution in [-0.2, 0) is 37.3 Å². The third kappa shape index (κ3) is 9.69. The summed E-state index contributed by atoms with van der Waals surface area (Å²) in [6.07, 6.45) is 5.52. The van der Waals surface area contributed by atoms with Gasteiger partial charge in [-0.1, -0.05) is 48.5 Å². The molecule has 11 heteroatoms. The van der Waals surface area contributed by atoms with Gasteiger partial charge in [-0.3, -0.25) is 9.59 Å². The van der Waals surface area contributed by atoms with E-state index in [0.29, 0.717) is 81.9 Å². The van der Waals surface area contributed by atoms with Gasteiger partial charge in [-0.15, -0.1) is 0 Å². The molecule has 1 unspecified atom stereocenters. The van der Waals surface area contributed by atoms with Gasteiger partial charge in [0, 0.05) is 43.3 Å². The molecule has 3 aliphatic rings. The van der Waals surface area contributed by atoms with Crippen molar-refractivity contribution in [3.05, 3.63) is 82.9 Å². The van der Waals surface area contributed by atoms with Gasteiger partial charge >= 0.3 is 0 Å². The van der Waals surface area contributed by atoms with E-state index in [9.17, 15) is 19.8 Å². The number of nitrogens with one attached hydrogen (secondary N) is 2. The van der Waals surface area contributed by atoms with Crippen molar-refractivity contribution in [2.45, 2.75) is 76.4 Å². The molecule has 1 atom stereocenters. The lowest BCUT2D eigenvalue weighted by atomic mass is 9.67. The molecule has 3 aliphatic heterocycles. The fourth-order valence-electron chi connectivity index (χ4n) is 7.95. The van der Waals surface area contributed by atoms with Gasteiger partial charge in [0.2, 0.25) is 5.91 Å². The number of carbonyl (C=O) groups is 2. The summed E-state index contributed by atoms with van der Waals surface area (Å²) in [6, 6.07) is 20.4. The number of nitrogens with zero attached hydrogens (tertiary/aromatic N) is 2. The molecule has 4 N–H and O–H groups in total. The average molecular weight is 729 g/mol. The van der Waals surface area contributed by atoms with Crippen LogP contribution < -0.4 is 15.4 Å². The van der Waals surface area contributed by atoms with Gasteiger partial charge in [-0.25, -0.2) is 0 Å². The van der Waals surface area contributed by atoms with E-state index < -0.39 is 0 Å². The summed E-state index contributed by atoms with van der Waals surface area (Å²) in [7, 11) is 0. The number of phenolic OH excluding ortho intramolecular Hbond substituents is 2. The maximum atomic E-state index is 13.4. The minimum Gasteiger partial charge on any atom is -0.508 e. The normalized spacial score (nSPS) is 18.4. The van der Waals surface area contributed by atoms with Crippen LogP contribution in [0.15, 0.2) is 60.7 Å². The average Bonchev–Trinajstić information content (AvgIpc) is 3.69. The minimum atomic E-state index is -0.291. The number of amides is 2. The highest BCUT2D eigenvalue weighted by Crippen LogP contribution is 2.46. The van der Waals surface area contributed by atoms with Gasteiger partial charge in [-0.05, 0) is 101 Å². The Morgan fingerprint density at radius 2 is 1.83 bits per heavy atom. The van der Waals surface area contributed by atoms with Crippen LogP contribution in [0.3, 0.4) is 0 Å². The molecule has 0 aliphatic carbocycles. The summed E-state index contributed by atoms with van der Waals surface area (Å²) in [4.78, 5) is 29.5. The van der Waals surface area contributed by atoms with Gasteiger partial charge in [0.05, 0.1) is 25.7 Å². The minimum absolute atomic E-state index is 0.0172. The summed E-state index contributed by atoms with van der Waals surface area (Å²) in [5, 5.41) is 27.4. The highest BCUT2D eigenvalue weighted by atomic mass is 16.5. The molecule has 11 nitrogen and oxygen atoms in total. The zero-order valence-corrected chi connectivity index (χ0v) is 31.3. The van der Waals surface area contributed by atoms with Crippen molar-refractivity contribution >= 4 is 17.5 Å². The first-order valence-electron chi connectivity index (χ1n) is 19.3. The van der Waals surface area contributed by atoms with Crippen LogP contribution in [0.2, 0.25) is 0 Å². The Bertz CT molecular complexity index is 1670. The SMILES string of the molecule is CC(C)N1CCC(c2ccccc2)(c2cc(CCOCCC(=O)N(CCNCCc3ccc(O)c4c3OCC(=O)N4)CC3CCCO3)ccc2O)CC1. The highest BCUT2D eigenvalue weighted by molar-refractivity contribution is 5.97. The second kappa shape index (κ2) is 18.2. The first-order valence-corrected chi connectivity index (χ1v) is 19.3. The van der Waals surface area contributed by atoms with Crippen LogP contribution in [0.25, 0.3) is 0 Å². The molecule has 3 aromatic rings. The molecule has 0 saturated carbocycles. The largest absolute Gasteiger partial charge is 0.508 e. The molecule has 3 aromatic carbocycles. The van der Waals surface area contributed by atoms with Crippen LogP contribution in [0.5, 0.6) is 17.2 Å². The van der Waals surface area contributed by atoms with Crippen molar-refractivity contribution in [3.63, 3.8) is 0 Å². The quantitative estimate of drug-likeness (QED) is 0.112. The lowest BCUT2D eigenvalue weighted by Crippen LogP contribution is -2.45. The molecule has 2 fully saturated rings. The standard InChI is InChI=1S/C42H56N4O7/c1-30(2)45-21-17-42(18-22-45,33-7-4-3-5-8-33)35-27-31(10-12-36(35)47)15-25-51-26-16-39(50)46(28-34-9-6-24-52-34)23-20-43-19-14-32-11-13-37(48)40-41(32)53-29-38(49)44-40/h3-5,7-8,10-13,27,30,34,43,47-48H,6,9,14-26,28-29H2,1-2H3,(H,44,49). The van der Waals surface area contributed by atoms with Crippen LogP contribution in [0.1, 0.15) is 68.2 Å². The maximum Gasteiger partial charge on any atom is 0.262 e. The highest BCUT2D eigenvalue weighted by Gasteiger charge is 2.40. The second-order valence-electron chi connectivity index (χ2n) is 14.8. The van der Waals surface area contributed by atoms with Crippen LogP contribution in [0.4, 0.5) is 5.69 Å². The second-order valence-corrected chi connectivity index (χ2v) is 14.8. The van der Waals surface area contributed by atoms with Gasteiger partial charge in [0.15, 0.2) is 12.4 Å². The van der Waals surface area contributed by atoms with E-state index in [2.05, 4.69) is 59.7 Å². The van der Waals surface area contributed by atoms with Crippen LogP contribution in [0, 0.1) is 0 Å². The molecule has 2 saturated heterocycles. The van der Waals surface area contributed by atoms with E-state index >= 15 is 0 Å². The Morgan fingerprint density at radius 3 is 2.58 bits per heavy atom. The fourth-order valence-corrected chi connectivity index (χ4v) is 7.95. The summed E-state index contributed by atoms with van der Waals surface area (Å²) >= 11 is 0. The zero-order chi connectivity index (χ0) is 37.2. The van der Waals surface area contributed by atoms with Gasteiger partial charge < -0.3 is 44.9 Å². The maximum absolute atomic E-state index is 13.4. The van der Waals surface area contributed by atoms with Gasteiger partial charge in [0.1, 0.15) is 17.2 Å². The summed E-state index contributed by atoms with van der Waals surface area (Å²) < 4.78 is 17.5. The number of hydrogen-bond donors (Lipinski definition) is 4. The number of carbonyl (C=O) groups excluding carboxylic acids is 2. The molecule has 0 bridgehead atoms. The van der Waals surface area contributed by atoms with Crippen molar-refractivity contribution in [2.24, 2.45) is 0 Å². The molecular formula is C42H56N4O7. The number of benzene rings is 3. The molecular weight excluding hydrogens is 672 g/mol. The fraction of sp³-hybridized carbons (Fsp3) is 0.524. The number of ether oxygens (including phenoxy) is 3. The summed E-state index contributed by atoms with van der Waals surface area (Å²) in [5.41, 5.74) is 4.30. The Hall–Kier alpha value is -4.16. The zero-order valence-electron chi connectivity index (χ0n) is 31.3. The molecule has 0 spiro atoms. The predicted molar refractivity (Wildman–Crippen MR) is 205 cm³/mol. The number of hydrogen-bond acceptors (Lipinski definition) is 9. The predicted octanol–water partition coefficient (Wildman–Crippen LogP) is 5.01. The molecule has 2 amide bonds. The van der Waals surface area contributed by atoms with Crippen molar-refractivity contribution in [1.82, 2.24) is 15.1 Å². The van der Waals surface area contributed by atoms with E-state index in [4.69, 9.17) is 14.2 Å². The van der Waals surface area contributed by atoms with E-state index in [1.54, 1.807) is 12.1 Å². The Kier molecular flexibility index (Phi) is 13.3. The molecule has 0 aromatic heterocycles. The number of likely N-dealkylation sites (tertiary alicyclic amines) is 1. The topological polar surface area (TPSA) is 133 Å². The van der Waals surface area contributed by atoms with Crippen molar-refractivity contribution in [3.8, 4) is 17.2 Å². The number of phenols is 2. The molecule has 286 valence electrons. The molecule has 6 rings (SSSR count). The Balaban J connectivity index is 0.987. The van der Waals surface area contributed by atoms with E-state index in [1.165, 1.54) is 5.56 Å². The first kappa shape index (κ1) is 38.6. The molecule has 53 heavy (non-hydrogen) atoms. The van der Waals surface area contributed by atoms with Crippen molar-refractivity contribution < 1.29 is 34.0 Å². The summed E-state index contributed by atoms with van der Waals surface area (Å²) in [6.45, 7) is 10.3. The van der Waals surface area contributed by atoms with E-state index in [0.717, 1.165) is 62.1 Å². The first-order chi connectivity index (χ1) is 25.7. The Morgan fingerprint density at radius 1 is 1.04 bits per heavy atom. The van der Waals surface area contributed by atoms with Crippen LogP contribution >= 0.6 is 0 Å². The van der Waals surface area contributed by atoms with Gasteiger partial charge in [0.25, 0.3) is 5.91 Å². The summed E-state index contributed by atoms with van der Waals surface area (Å²) in [5.74, 6) is 0.581. The smallest absolute Gasteiger partial charge is 0.262 e. The number of anilines is 1. The van der Waals surface area contributed by atoms with Gasteiger partial charge in [-0.2, -0.15) is 0 Å². The molecule has 0 radical (unpaired) electrons. The number of fused-ring (bicyclic) bond motifs is 1. The third-order valence-corrected chi connectivity index (χ3v) is 11.0. The third-order valence-electron chi connectivity index (χ3n) is 11.0. The Labute approximate surface area is 313 Å².